The molecule has 0 radical (unpaired) electrons. The molecule has 4 aromatic rings. The van der Waals surface area contributed by atoms with E-state index in [9.17, 15) is 40.2 Å². The van der Waals surface area contributed by atoms with Crippen molar-refractivity contribution in [2.75, 3.05) is 45.0 Å². The number of aldehydes is 1. The predicted molar refractivity (Wildman–Crippen MR) is 378 cm³/mol. The summed E-state index contributed by atoms with van der Waals surface area (Å²) >= 11 is 0. The number of ether oxygens (including phenoxy) is 5. The molecule has 2 saturated carbocycles. The molecule has 24 heteroatoms. The lowest BCUT2D eigenvalue weighted by molar-refractivity contribution is -0.337. The number of amides is 1. The van der Waals surface area contributed by atoms with Gasteiger partial charge in [0.2, 0.25) is 12.2 Å². The number of carbonyl (C=O) groups excluding carboxylic acids is 4. The van der Waals surface area contributed by atoms with E-state index in [4.69, 9.17) is 35.2 Å². The summed E-state index contributed by atoms with van der Waals surface area (Å²) in [5.41, 5.74) is 17.9. The summed E-state index contributed by atoms with van der Waals surface area (Å²) in [5, 5.41) is 99.6. The SMILES string of the molecule is CNCc1cc2cc3c1C1CCC4CC5CCCC5NC5C6=C(N)NCC=C6C(COC6C7Oc8c(cc9c(c8OCC(O)CC=O)C(=O)c8cc(CO)ccc8C9=O)C(c8ccccc8N8CNC9C(=O)NC(N)NC98)C8CCC(O)C(C#CC(O)(C6O)C(O7)C6(CCCC6)OC8)C2)(C1=C45)C(O)C3. The van der Waals surface area contributed by atoms with Gasteiger partial charge in [0.1, 0.15) is 55.5 Å². The summed E-state index contributed by atoms with van der Waals surface area (Å²) in [4.78, 5) is 60.0. The maximum absolute atomic E-state index is 16.0. The quantitative estimate of drug-likeness (QED) is 0.0543. The van der Waals surface area contributed by atoms with Crippen LogP contribution in [-0.2, 0) is 49.8 Å². The number of nitrogens with two attached hydrogens (primary N) is 2. The fraction of sp³-hybridized carbons (Fsp3) is 0.550. The van der Waals surface area contributed by atoms with E-state index in [0.717, 1.165) is 77.5 Å². The predicted octanol–water partition coefficient (Wildman–Crippen LogP) is 2.67. The van der Waals surface area contributed by atoms with E-state index in [0.29, 0.717) is 73.6 Å². The van der Waals surface area contributed by atoms with Crippen molar-refractivity contribution in [3.8, 4) is 23.3 Å². The fourth-order valence-corrected chi connectivity index (χ4v) is 21.7. The lowest BCUT2D eigenvalue weighted by Gasteiger charge is -2.56. The summed E-state index contributed by atoms with van der Waals surface area (Å²) in [7, 11) is 1.94. The van der Waals surface area contributed by atoms with E-state index in [-0.39, 0.29) is 121 Å². The zero-order valence-electron chi connectivity index (χ0n) is 58.3. The number of hydrogen-bond acceptors (Lipinski definition) is 23. The molecule has 8 heterocycles. The first-order valence-corrected chi connectivity index (χ1v) is 37.7. The van der Waals surface area contributed by atoms with Gasteiger partial charge in [-0.15, -0.1) is 0 Å². The third-order valence-electron chi connectivity index (χ3n) is 26.3. The highest BCUT2D eigenvalue weighted by molar-refractivity contribution is 6.29. The molecule has 20 unspecified atom stereocenters. The number of hydrogen-bond donors (Lipinski definition) is 14. The second-order valence-electron chi connectivity index (χ2n) is 31.9. The first-order valence-electron chi connectivity index (χ1n) is 37.7. The zero-order chi connectivity index (χ0) is 71.4. The number of dihydropyridines is 1. The molecular formula is C80H93N9O15. The van der Waals surface area contributed by atoms with Gasteiger partial charge in [-0.1, -0.05) is 73.6 Å². The number of ketones is 2. The van der Waals surface area contributed by atoms with Crippen molar-refractivity contribution in [1.29, 1.82) is 0 Å². The number of para-hydroxylation sites is 1. The van der Waals surface area contributed by atoms with Crippen molar-refractivity contribution in [1.82, 2.24) is 31.9 Å². The van der Waals surface area contributed by atoms with Crippen molar-refractivity contribution >= 4 is 29.4 Å². The van der Waals surface area contributed by atoms with Crippen LogP contribution in [0.1, 0.15) is 166 Å². The van der Waals surface area contributed by atoms with E-state index < -0.39 is 121 Å². The second-order valence-corrected chi connectivity index (χ2v) is 31.9. The minimum absolute atomic E-state index is 0.0399. The topological polar surface area (TPSA) is 363 Å². The second kappa shape index (κ2) is 26.2. The number of nitrogens with zero attached hydrogens (tertiary/aromatic N) is 1. The van der Waals surface area contributed by atoms with Crippen LogP contribution in [-0.4, -0.2) is 179 Å². The van der Waals surface area contributed by atoms with Gasteiger partial charge in [-0.2, -0.15) is 0 Å². The summed E-state index contributed by atoms with van der Waals surface area (Å²) < 4.78 is 37.8. The molecule has 8 aliphatic heterocycles. The Hall–Kier alpha value is -7.42. The smallest absolute Gasteiger partial charge is 0.242 e. The number of nitrogens with one attached hydrogen (secondary N) is 6. The van der Waals surface area contributed by atoms with Gasteiger partial charge in [0.05, 0.1) is 73.3 Å². The summed E-state index contributed by atoms with van der Waals surface area (Å²) in [5.74, 6) is 2.72. The highest BCUT2D eigenvalue weighted by atomic mass is 16.7. The molecule has 6 aliphatic carbocycles. The number of aliphatic hydroxyl groups is 6. The van der Waals surface area contributed by atoms with Crippen LogP contribution in [0.2, 0.25) is 0 Å². The lowest BCUT2D eigenvalue weighted by atomic mass is 9.53. The van der Waals surface area contributed by atoms with Crippen LogP contribution in [0.25, 0.3) is 0 Å². The van der Waals surface area contributed by atoms with Gasteiger partial charge in [0.15, 0.2) is 28.7 Å². The minimum Gasteiger partial charge on any atom is -0.486 e. The molecule has 4 saturated heterocycles. The van der Waals surface area contributed by atoms with E-state index in [1.54, 1.807) is 12.1 Å². The minimum atomic E-state index is -2.58. The number of carbonyl (C=O) groups is 4. The van der Waals surface area contributed by atoms with Crippen LogP contribution < -0.4 is 57.7 Å². The number of fused-ring (bicyclic) bond motifs is 16. The van der Waals surface area contributed by atoms with E-state index in [1.807, 2.05) is 36.2 Å². The highest BCUT2D eigenvalue weighted by Gasteiger charge is 2.67. The van der Waals surface area contributed by atoms with Crippen LogP contribution in [0.15, 0.2) is 94.9 Å². The van der Waals surface area contributed by atoms with Gasteiger partial charge in [-0.25, -0.2) is 0 Å². The first kappa shape index (κ1) is 68.4. The Morgan fingerprint density at radius 2 is 1.77 bits per heavy atom. The molecule has 2 spiro atoms. The van der Waals surface area contributed by atoms with Gasteiger partial charge < -0.3 is 91.0 Å². The molecule has 16 N–H and O–H groups in total. The summed E-state index contributed by atoms with van der Waals surface area (Å²) in [6, 6.07) is 17.4. The molecule has 4 aromatic carbocycles. The van der Waals surface area contributed by atoms with Crippen LogP contribution >= 0.6 is 0 Å². The highest BCUT2D eigenvalue weighted by Crippen LogP contribution is 2.65. The Balaban J connectivity index is 0.925. The molecule has 1 amide bonds. The van der Waals surface area contributed by atoms with Crippen molar-refractivity contribution < 1.29 is 73.5 Å². The van der Waals surface area contributed by atoms with Gasteiger partial charge in [0, 0.05) is 70.9 Å². The average molecular weight is 1420 g/mol. The van der Waals surface area contributed by atoms with Crippen LogP contribution in [0.4, 0.5) is 5.69 Å². The molecule has 24 nitrogen and oxygen atoms in total. The fourth-order valence-electron chi connectivity index (χ4n) is 21.7. The third kappa shape index (κ3) is 10.6. The largest absolute Gasteiger partial charge is 0.486 e. The summed E-state index contributed by atoms with van der Waals surface area (Å²) in [6.07, 6.45) is -2.03. The molecule has 14 aliphatic rings. The van der Waals surface area contributed by atoms with Gasteiger partial charge >= 0.3 is 0 Å². The lowest BCUT2D eigenvalue weighted by Crippen LogP contribution is -2.73. The number of benzene rings is 4. The average Bonchev–Trinajstić information content (AvgIpc) is 1.45. The van der Waals surface area contributed by atoms with Gasteiger partial charge in [-0.3, -0.25) is 30.8 Å². The standard InChI is InChI=1S/C80H93N9O15/c1-83-32-45-27-39-25-41-17-22-80(99)71(97)70(101-36-79-53-18-23-84-72(81)62(53)64-60-42(29-40-7-6-9-54(40)86-64)12-15-49(63(60)79)58(45)44(26-39)30-57(79)94)75-103-68-52(31-51-61(69(68)100-35-46(92)19-24-90)67(96)50-28-38(33-91)11-14-47(50)66(51)95)59(43(13-16-56(41)93)34-102-78(76(80)104-75)20-4-5-21-78)48-8-2-3-10-55(48)89-37-85-65-73(89)87-77(82)88-74(65)98/h2-3,8,10-11,14,18,24,26-28,31,40-43,46,49,54,56-57,59,64-65,70-71,73,75-77,83-87,91-94,97,99H,4-7,9,12-13,15-16,19-21,23,25,29-30,32-37,81-82H2,1H3,(H,88,98). The van der Waals surface area contributed by atoms with E-state index >= 15 is 9.59 Å². The van der Waals surface area contributed by atoms with Crippen molar-refractivity contribution in [2.24, 2.45) is 40.6 Å². The Labute approximate surface area is 603 Å². The van der Waals surface area contributed by atoms with Crippen LogP contribution in [0.3, 0.4) is 0 Å². The molecule has 9 bridgehead atoms. The molecule has 104 heavy (non-hydrogen) atoms. The molecular weight excluding hydrogens is 1330 g/mol. The Morgan fingerprint density at radius 3 is 2.60 bits per heavy atom. The normalized spacial score (nSPS) is 36.5. The summed E-state index contributed by atoms with van der Waals surface area (Å²) in [6.45, 7) is -0.503. The zero-order valence-corrected chi connectivity index (χ0v) is 58.3. The Morgan fingerprint density at radius 1 is 0.923 bits per heavy atom. The van der Waals surface area contributed by atoms with Crippen molar-refractivity contribution in [3.63, 3.8) is 0 Å². The maximum atomic E-state index is 16.0. The molecule has 548 valence electrons. The number of aliphatic hydroxyl groups excluding tert-OH is 5. The Kier molecular flexibility index (Phi) is 17.2. The van der Waals surface area contributed by atoms with Crippen molar-refractivity contribution in [3.05, 3.63) is 156 Å². The van der Waals surface area contributed by atoms with Crippen LogP contribution in [0, 0.1) is 40.9 Å². The third-order valence-corrected chi connectivity index (χ3v) is 26.3. The van der Waals surface area contributed by atoms with E-state index in [2.05, 4.69) is 62.0 Å². The molecule has 0 aromatic heterocycles. The molecule has 18 rings (SSSR count). The molecule has 6 fully saturated rings. The van der Waals surface area contributed by atoms with Gasteiger partial charge in [-0.05, 0) is 170 Å². The first-order chi connectivity index (χ1) is 50.4. The molecule has 20 atom stereocenters. The number of anilines is 1. The van der Waals surface area contributed by atoms with Crippen molar-refractivity contribution in [2.45, 2.75) is 206 Å². The van der Waals surface area contributed by atoms with Gasteiger partial charge in [0.25, 0.3) is 0 Å². The van der Waals surface area contributed by atoms with Crippen LogP contribution in [0.5, 0.6) is 11.5 Å². The Bertz CT molecular complexity index is 4390. The number of rotatable bonds is 10. The van der Waals surface area contributed by atoms with E-state index in [1.165, 1.54) is 17.7 Å². The monoisotopic (exact) mass is 1420 g/mol. The maximum Gasteiger partial charge on any atom is 0.242 e.